The summed E-state index contributed by atoms with van der Waals surface area (Å²) in [6.45, 7) is 6.91. The second kappa shape index (κ2) is 7.62. The van der Waals surface area contributed by atoms with Gasteiger partial charge in [-0.1, -0.05) is 13.8 Å². The van der Waals surface area contributed by atoms with Crippen LogP contribution in [0.2, 0.25) is 0 Å². The lowest BCUT2D eigenvalue weighted by Crippen LogP contribution is -2.18. The van der Waals surface area contributed by atoms with Gasteiger partial charge in [0.2, 0.25) is 0 Å². The molecule has 0 saturated carbocycles. The van der Waals surface area contributed by atoms with E-state index in [-0.39, 0.29) is 24.2 Å². The molecule has 1 amide bonds. The number of amides is 1. The molecular weight excluding hydrogens is 324 g/mol. The zero-order chi connectivity index (χ0) is 16.4. The second-order valence-corrected chi connectivity index (χ2v) is 6.23. The molecule has 5 nitrogen and oxygen atoms in total. The first-order valence-electron chi connectivity index (χ1n) is 8.06. The lowest BCUT2D eigenvalue weighted by atomic mass is 10.0. The van der Waals surface area contributed by atoms with Crippen LogP contribution in [0.5, 0.6) is 0 Å². The highest BCUT2D eigenvalue weighted by atomic mass is 35.5. The molecule has 0 fully saturated rings. The van der Waals surface area contributed by atoms with E-state index < -0.39 is 0 Å². The number of benzene rings is 1. The van der Waals surface area contributed by atoms with Crippen LogP contribution >= 0.6 is 12.4 Å². The Hall–Kier alpha value is -2.14. The predicted molar refractivity (Wildman–Crippen MR) is 99.3 cm³/mol. The number of carbonyl (C=O) groups excluding carboxylic acids is 1. The van der Waals surface area contributed by atoms with Gasteiger partial charge in [0.15, 0.2) is 0 Å². The molecule has 2 N–H and O–H groups in total. The topological polar surface area (TPSA) is 66.9 Å². The zero-order valence-corrected chi connectivity index (χ0v) is 15.0. The summed E-state index contributed by atoms with van der Waals surface area (Å²) in [6, 6.07) is 6.00. The van der Waals surface area contributed by atoms with Gasteiger partial charge in [-0.25, -0.2) is 9.97 Å². The van der Waals surface area contributed by atoms with E-state index in [0.717, 1.165) is 36.5 Å². The number of carbonyl (C=O) groups is 1. The highest BCUT2D eigenvalue weighted by Crippen LogP contribution is 2.26. The van der Waals surface area contributed by atoms with Gasteiger partial charge in [-0.2, -0.15) is 0 Å². The first-order valence-corrected chi connectivity index (χ1v) is 8.06. The highest BCUT2D eigenvalue weighted by molar-refractivity contribution is 6.05. The molecule has 1 aromatic carbocycles. The SMILES string of the molecule is Cc1ncc(C(=O)Nc2ccc3c(c2)CCCN3)c(C(C)C)n1.Cl. The molecule has 128 valence electrons. The van der Waals surface area contributed by atoms with Crippen LogP contribution in [0.4, 0.5) is 11.4 Å². The smallest absolute Gasteiger partial charge is 0.259 e. The van der Waals surface area contributed by atoms with Crippen molar-refractivity contribution in [1.29, 1.82) is 0 Å². The van der Waals surface area contributed by atoms with Crippen LogP contribution in [0.1, 0.15) is 53.6 Å². The minimum Gasteiger partial charge on any atom is -0.385 e. The van der Waals surface area contributed by atoms with Crippen LogP contribution in [0.25, 0.3) is 0 Å². The number of aryl methyl sites for hydroxylation is 2. The Morgan fingerprint density at radius 2 is 2.12 bits per heavy atom. The Labute approximate surface area is 148 Å². The van der Waals surface area contributed by atoms with Crippen molar-refractivity contribution in [3.63, 3.8) is 0 Å². The molecule has 1 aliphatic rings. The summed E-state index contributed by atoms with van der Waals surface area (Å²) in [6.07, 6.45) is 3.78. The third-order valence-electron chi connectivity index (χ3n) is 4.03. The quantitative estimate of drug-likeness (QED) is 0.883. The molecule has 2 aromatic rings. The van der Waals surface area contributed by atoms with Crippen molar-refractivity contribution in [3.8, 4) is 0 Å². The number of hydrogen-bond donors (Lipinski definition) is 2. The summed E-state index contributed by atoms with van der Waals surface area (Å²) in [5, 5.41) is 6.35. The summed E-state index contributed by atoms with van der Waals surface area (Å²) in [5.41, 5.74) is 4.55. The number of nitrogens with zero attached hydrogens (tertiary/aromatic N) is 2. The van der Waals surface area contributed by atoms with Crippen LogP contribution in [0, 0.1) is 6.92 Å². The van der Waals surface area contributed by atoms with Crippen LogP contribution < -0.4 is 10.6 Å². The molecule has 0 atom stereocenters. The summed E-state index contributed by atoms with van der Waals surface area (Å²) < 4.78 is 0. The molecule has 1 aliphatic heterocycles. The Balaban J connectivity index is 0.00000208. The molecule has 0 spiro atoms. The molecule has 3 rings (SSSR count). The first kappa shape index (κ1) is 18.2. The van der Waals surface area contributed by atoms with Gasteiger partial charge in [-0.15, -0.1) is 12.4 Å². The van der Waals surface area contributed by atoms with Gasteiger partial charge in [0, 0.05) is 24.1 Å². The Bertz CT molecular complexity index is 746. The lowest BCUT2D eigenvalue weighted by molar-refractivity contribution is 0.102. The van der Waals surface area contributed by atoms with Gasteiger partial charge in [0.25, 0.3) is 5.91 Å². The highest BCUT2D eigenvalue weighted by Gasteiger charge is 2.17. The van der Waals surface area contributed by atoms with Crippen LogP contribution in [-0.2, 0) is 6.42 Å². The molecule has 0 aliphatic carbocycles. The van der Waals surface area contributed by atoms with E-state index in [9.17, 15) is 4.79 Å². The maximum atomic E-state index is 12.6. The Morgan fingerprint density at radius 1 is 1.33 bits per heavy atom. The Kier molecular flexibility index (Phi) is 5.78. The Morgan fingerprint density at radius 3 is 2.88 bits per heavy atom. The van der Waals surface area contributed by atoms with E-state index in [2.05, 4.69) is 20.6 Å². The fourth-order valence-corrected chi connectivity index (χ4v) is 2.85. The molecule has 1 aromatic heterocycles. The summed E-state index contributed by atoms with van der Waals surface area (Å²) >= 11 is 0. The van der Waals surface area contributed by atoms with Crippen LogP contribution in [0.15, 0.2) is 24.4 Å². The van der Waals surface area contributed by atoms with Gasteiger partial charge < -0.3 is 10.6 Å². The average molecular weight is 347 g/mol. The largest absolute Gasteiger partial charge is 0.385 e. The normalized spacial score (nSPS) is 12.8. The molecule has 0 radical (unpaired) electrons. The number of nitrogens with one attached hydrogen (secondary N) is 2. The molecule has 2 heterocycles. The van der Waals surface area contributed by atoms with E-state index in [0.29, 0.717) is 11.4 Å². The average Bonchev–Trinajstić information content (AvgIpc) is 2.54. The van der Waals surface area contributed by atoms with E-state index in [1.54, 1.807) is 6.20 Å². The van der Waals surface area contributed by atoms with E-state index >= 15 is 0 Å². The van der Waals surface area contributed by atoms with Crippen molar-refractivity contribution in [2.45, 2.75) is 39.5 Å². The van der Waals surface area contributed by atoms with Gasteiger partial charge >= 0.3 is 0 Å². The molecular formula is C18H23ClN4O. The van der Waals surface area contributed by atoms with E-state index in [1.807, 2.05) is 39.0 Å². The van der Waals surface area contributed by atoms with Gasteiger partial charge in [-0.05, 0) is 49.4 Å². The van der Waals surface area contributed by atoms with Gasteiger partial charge in [-0.3, -0.25) is 4.79 Å². The summed E-state index contributed by atoms with van der Waals surface area (Å²) in [4.78, 5) is 21.2. The summed E-state index contributed by atoms with van der Waals surface area (Å²) in [5.74, 6) is 0.702. The van der Waals surface area contributed by atoms with Crippen molar-refractivity contribution in [2.75, 3.05) is 17.2 Å². The van der Waals surface area contributed by atoms with Crippen LogP contribution in [-0.4, -0.2) is 22.4 Å². The standard InChI is InChI=1S/C18H22N4O.ClH/c1-11(2)17-15(10-20-12(3)21-17)18(23)22-14-6-7-16-13(9-14)5-4-8-19-16;/h6-7,9-11,19H,4-5,8H2,1-3H3,(H,22,23);1H. The molecule has 0 bridgehead atoms. The van der Waals surface area contributed by atoms with E-state index in [1.165, 1.54) is 5.56 Å². The third-order valence-corrected chi connectivity index (χ3v) is 4.03. The predicted octanol–water partition coefficient (Wildman–Crippen LogP) is 3.94. The second-order valence-electron chi connectivity index (χ2n) is 6.23. The van der Waals surface area contributed by atoms with Crippen molar-refractivity contribution in [3.05, 3.63) is 47.0 Å². The van der Waals surface area contributed by atoms with Crippen molar-refractivity contribution >= 4 is 29.7 Å². The van der Waals surface area contributed by atoms with Gasteiger partial charge in [0.1, 0.15) is 5.82 Å². The zero-order valence-electron chi connectivity index (χ0n) is 14.2. The first-order chi connectivity index (χ1) is 11.0. The molecule has 0 unspecified atom stereocenters. The lowest BCUT2D eigenvalue weighted by Gasteiger charge is -2.19. The van der Waals surface area contributed by atoms with Crippen LogP contribution in [0.3, 0.4) is 0 Å². The minimum atomic E-state index is -0.155. The van der Waals surface area contributed by atoms with Crippen molar-refractivity contribution in [1.82, 2.24) is 9.97 Å². The minimum absolute atomic E-state index is 0. The summed E-state index contributed by atoms with van der Waals surface area (Å²) in [7, 11) is 0. The fraction of sp³-hybridized carbons (Fsp3) is 0.389. The number of fused-ring (bicyclic) bond motifs is 1. The molecule has 0 saturated heterocycles. The molecule has 24 heavy (non-hydrogen) atoms. The molecule has 6 heteroatoms. The van der Waals surface area contributed by atoms with Crippen molar-refractivity contribution in [2.24, 2.45) is 0 Å². The van der Waals surface area contributed by atoms with Crippen molar-refractivity contribution < 1.29 is 4.79 Å². The monoisotopic (exact) mass is 346 g/mol. The fourth-order valence-electron chi connectivity index (χ4n) is 2.85. The van der Waals surface area contributed by atoms with Gasteiger partial charge in [0.05, 0.1) is 11.3 Å². The maximum absolute atomic E-state index is 12.6. The third kappa shape index (κ3) is 3.85. The maximum Gasteiger partial charge on any atom is 0.259 e. The number of halogens is 1. The number of aromatic nitrogens is 2. The number of anilines is 2. The number of rotatable bonds is 3. The number of hydrogen-bond acceptors (Lipinski definition) is 4. The van der Waals surface area contributed by atoms with E-state index in [4.69, 9.17) is 0 Å².